The van der Waals surface area contributed by atoms with Crippen molar-refractivity contribution in [2.75, 3.05) is 6.16 Å². The van der Waals surface area contributed by atoms with E-state index in [9.17, 15) is 34.3 Å². The molecule has 0 aliphatic heterocycles. The summed E-state index contributed by atoms with van der Waals surface area (Å²) in [5.41, 5.74) is -3.41. The third-order valence-corrected chi connectivity index (χ3v) is 2.95. The molecular weight excluding hydrogens is 328 g/mol. The quantitative estimate of drug-likeness (QED) is 0.259. The second-order valence-corrected chi connectivity index (χ2v) is 5.04. The van der Waals surface area contributed by atoms with E-state index >= 15 is 0 Å². The first-order valence-electron chi connectivity index (χ1n) is 4.23. The summed E-state index contributed by atoms with van der Waals surface area (Å²) < 4.78 is 10.4. The SMILES string of the molecule is O=C([O-])C(CCCP(=O)(O)O)(C(=O)[O-])C(=O)[O-].[Na+].[Na+].[Na+]. The van der Waals surface area contributed by atoms with E-state index in [1.807, 2.05) is 0 Å². The third-order valence-electron chi connectivity index (χ3n) is 2.05. The van der Waals surface area contributed by atoms with E-state index in [-0.39, 0.29) is 88.7 Å². The van der Waals surface area contributed by atoms with E-state index in [1.165, 1.54) is 0 Å². The van der Waals surface area contributed by atoms with E-state index in [0.29, 0.717) is 0 Å². The minimum atomic E-state index is -4.48. The monoisotopic (exact) mass is 336 g/mol. The summed E-state index contributed by atoms with van der Waals surface area (Å²) in [6.07, 6.45) is -2.60. The second kappa shape index (κ2) is 12.0. The fraction of sp³-hybridized carbons (Fsp3) is 0.571. The molecule has 0 spiro atoms. The van der Waals surface area contributed by atoms with Gasteiger partial charge in [-0.2, -0.15) is 0 Å². The van der Waals surface area contributed by atoms with Gasteiger partial charge in [0.05, 0.1) is 23.3 Å². The smallest absolute Gasteiger partial charge is 0.549 e. The van der Waals surface area contributed by atoms with Crippen LogP contribution < -0.4 is 104 Å². The fourth-order valence-electron chi connectivity index (χ4n) is 1.11. The maximum absolute atomic E-state index is 10.5. The number of carbonyl (C=O) groups excluding carboxylic acids is 3. The zero-order chi connectivity index (χ0) is 13.9. The Morgan fingerprint density at radius 3 is 1.40 bits per heavy atom. The van der Waals surface area contributed by atoms with Crippen LogP contribution in [0.5, 0.6) is 0 Å². The zero-order valence-electron chi connectivity index (χ0n) is 11.3. The molecule has 0 aliphatic rings. The number of aliphatic carboxylic acids is 3. The predicted octanol–water partition coefficient (Wildman–Crippen LogP) is -13.8. The second-order valence-electron chi connectivity index (χ2n) is 3.26. The van der Waals surface area contributed by atoms with Gasteiger partial charge in [0.25, 0.3) is 0 Å². The number of carboxylic acid groups (broad SMARTS) is 3. The van der Waals surface area contributed by atoms with Gasteiger partial charge in [-0.1, -0.05) is 0 Å². The van der Waals surface area contributed by atoms with Gasteiger partial charge in [0.1, 0.15) is 0 Å². The van der Waals surface area contributed by atoms with Crippen molar-refractivity contribution in [3.63, 3.8) is 0 Å². The number of hydrogen-bond acceptors (Lipinski definition) is 7. The van der Waals surface area contributed by atoms with Crippen molar-refractivity contribution >= 4 is 25.5 Å². The van der Waals surface area contributed by atoms with Crippen LogP contribution in [-0.4, -0.2) is 33.9 Å². The summed E-state index contributed by atoms with van der Waals surface area (Å²) in [7, 11) is -4.48. The molecule has 20 heavy (non-hydrogen) atoms. The van der Waals surface area contributed by atoms with Crippen LogP contribution in [0, 0.1) is 5.41 Å². The first kappa shape index (κ1) is 29.6. The minimum Gasteiger partial charge on any atom is -0.549 e. The first-order valence-corrected chi connectivity index (χ1v) is 6.02. The average Bonchev–Trinajstić information content (AvgIpc) is 2.08. The van der Waals surface area contributed by atoms with Gasteiger partial charge in [-0.15, -0.1) is 0 Å². The summed E-state index contributed by atoms with van der Waals surface area (Å²) in [6, 6.07) is 0. The Kier molecular flexibility index (Phi) is 17.8. The molecular formula is C7H8Na3O9P. The van der Waals surface area contributed by atoms with Crippen LogP contribution in [0.15, 0.2) is 0 Å². The van der Waals surface area contributed by atoms with Gasteiger partial charge >= 0.3 is 96.3 Å². The Labute approximate surface area is 180 Å². The largest absolute Gasteiger partial charge is 1.00 e. The summed E-state index contributed by atoms with van der Waals surface area (Å²) in [5, 5.41) is 31.5. The summed E-state index contributed by atoms with van der Waals surface area (Å²) in [6.45, 7) is 0. The Morgan fingerprint density at radius 1 is 0.900 bits per heavy atom. The number of carboxylic acids is 3. The molecule has 0 amide bonds. The molecule has 0 aromatic rings. The van der Waals surface area contributed by atoms with Gasteiger partial charge in [-0.25, -0.2) is 0 Å². The molecule has 0 radical (unpaired) electrons. The molecule has 0 aromatic carbocycles. The third kappa shape index (κ3) is 8.87. The summed E-state index contributed by atoms with van der Waals surface area (Å²) >= 11 is 0. The molecule has 0 aromatic heterocycles. The molecule has 0 rings (SSSR count). The number of carbonyl (C=O) groups is 3. The Bertz CT molecular complexity index is 357. The predicted molar refractivity (Wildman–Crippen MR) is 43.6 cm³/mol. The van der Waals surface area contributed by atoms with Crippen LogP contribution >= 0.6 is 7.60 Å². The normalized spacial score (nSPS) is 10.3. The van der Waals surface area contributed by atoms with E-state index in [2.05, 4.69) is 0 Å². The van der Waals surface area contributed by atoms with Gasteiger partial charge in [0, 0.05) is 6.16 Å². The van der Waals surface area contributed by atoms with Gasteiger partial charge < -0.3 is 39.5 Å². The maximum atomic E-state index is 10.5. The standard InChI is InChI=1S/C7H11O9P.3Na/c8-4(9)7(5(10)11,6(12)13)2-1-3-17(14,15)16;;;/h1-3H2,(H,8,9)(H,10,11)(H,12,13)(H2,14,15,16);;;/q;3*+1/p-3. The molecule has 0 atom stereocenters. The molecule has 0 fully saturated rings. The van der Waals surface area contributed by atoms with Crippen LogP contribution in [0.2, 0.25) is 0 Å². The summed E-state index contributed by atoms with van der Waals surface area (Å²) in [5.74, 6) is -7.37. The molecule has 2 N–H and O–H groups in total. The first-order chi connectivity index (χ1) is 7.54. The van der Waals surface area contributed by atoms with Gasteiger partial charge in [0.2, 0.25) is 0 Å². The molecule has 9 nitrogen and oxygen atoms in total. The summed E-state index contributed by atoms with van der Waals surface area (Å²) in [4.78, 5) is 48.4. The Hall–Kier alpha value is 1.56. The maximum Gasteiger partial charge on any atom is 1.00 e. The molecule has 0 saturated carbocycles. The molecule has 98 valence electrons. The van der Waals surface area contributed by atoms with Crippen LogP contribution in [0.3, 0.4) is 0 Å². The Morgan fingerprint density at radius 2 is 1.20 bits per heavy atom. The average molecular weight is 336 g/mol. The number of rotatable bonds is 7. The Balaban J connectivity index is -0.000000427. The van der Waals surface area contributed by atoms with E-state index in [4.69, 9.17) is 9.79 Å². The number of hydrogen-bond donors (Lipinski definition) is 2. The van der Waals surface area contributed by atoms with Crippen LogP contribution in [-0.2, 0) is 18.9 Å². The van der Waals surface area contributed by atoms with Crippen molar-refractivity contribution in [3.8, 4) is 0 Å². The molecule has 0 bridgehead atoms. The van der Waals surface area contributed by atoms with Crippen molar-refractivity contribution in [2.45, 2.75) is 12.8 Å². The van der Waals surface area contributed by atoms with Crippen molar-refractivity contribution in [1.29, 1.82) is 0 Å². The molecule has 0 aliphatic carbocycles. The van der Waals surface area contributed by atoms with Crippen LogP contribution in [0.1, 0.15) is 12.8 Å². The van der Waals surface area contributed by atoms with E-state index in [0.717, 1.165) is 0 Å². The van der Waals surface area contributed by atoms with Crippen molar-refractivity contribution < 1.29 is 133 Å². The van der Waals surface area contributed by atoms with Gasteiger partial charge in [-0.05, 0) is 12.8 Å². The van der Waals surface area contributed by atoms with E-state index < -0.39 is 49.9 Å². The van der Waals surface area contributed by atoms with Gasteiger partial charge in [0.15, 0.2) is 0 Å². The van der Waals surface area contributed by atoms with Crippen molar-refractivity contribution in [1.82, 2.24) is 0 Å². The van der Waals surface area contributed by atoms with Crippen molar-refractivity contribution in [2.24, 2.45) is 5.41 Å². The fourth-order valence-corrected chi connectivity index (χ4v) is 1.68. The van der Waals surface area contributed by atoms with Gasteiger partial charge in [-0.3, -0.25) is 4.57 Å². The topological polar surface area (TPSA) is 178 Å². The van der Waals surface area contributed by atoms with Crippen LogP contribution in [0.25, 0.3) is 0 Å². The molecule has 0 saturated heterocycles. The van der Waals surface area contributed by atoms with Crippen LogP contribution in [0.4, 0.5) is 0 Å². The molecule has 0 unspecified atom stereocenters. The van der Waals surface area contributed by atoms with Crippen molar-refractivity contribution in [3.05, 3.63) is 0 Å². The molecule has 0 heterocycles. The zero-order valence-corrected chi connectivity index (χ0v) is 18.2. The molecule has 13 heteroatoms. The minimum absolute atomic E-state index is 0. The van der Waals surface area contributed by atoms with E-state index in [1.54, 1.807) is 0 Å².